The molecule has 0 radical (unpaired) electrons. The maximum Gasteiger partial charge on any atom is 0.177 e. The molecular formula is C39H22N2O2S. The van der Waals surface area contributed by atoms with E-state index in [9.17, 15) is 0 Å². The summed E-state index contributed by atoms with van der Waals surface area (Å²) in [6, 6.07) is 44.7. The summed E-state index contributed by atoms with van der Waals surface area (Å²) in [4.78, 5) is 7.12. The Morgan fingerprint density at radius 3 is 2.16 bits per heavy atom. The standard InChI is InChI=1S/C39H22N2O2S/c1-2-8-24-20-35-31(19-23(24)7-1)38-39(43-35)32(17-18-40-38)41(25-14-16-34-30(21-25)27-9-3-5-11-33(27)42-34)26-13-15-29-28-10-4-6-12-36(28)44-37(29)22-26/h1-22H. The first-order valence-electron chi connectivity index (χ1n) is 14.6. The van der Waals surface area contributed by atoms with Crippen LogP contribution in [0, 0.1) is 0 Å². The van der Waals surface area contributed by atoms with Crippen molar-refractivity contribution in [2.24, 2.45) is 0 Å². The number of thiophene rings is 1. The maximum atomic E-state index is 6.67. The third-order valence-electron chi connectivity index (χ3n) is 8.68. The van der Waals surface area contributed by atoms with Gasteiger partial charge in [0.25, 0.3) is 0 Å². The molecule has 0 unspecified atom stereocenters. The molecule has 0 saturated carbocycles. The number of rotatable bonds is 3. The summed E-state index contributed by atoms with van der Waals surface area (Å²) in [5.41, 5.74) is 7.19. The number of benzene rings is 6. The molecular weight excluding hydrogens is 561 g/mol. The first-order valence-corrected chi connectivity index (χ1v) is 15.4. The van der Waals surface area contributed by atoms with Crippen LogP contribution >= 0.6 is 11.3 Å². The van der Waals surface area contributed by atoms with Crippen LogP contribution in [0.5, 0.6) is 0 Å². The molecule has 4 aromatic heterocycles. The van der Waals surface area contributed by atoms with Crippen LogP contribution in [0.1, 0.15) is 0 Å². The van der Waals surface area contributed by atoms with E-state index >= 15 is 0 Å². The molecule has 5 heteroatoms. The van der Waals surface area contributed by atoms with Crippen molar-refractivity contribution < 1.29 is 8.83 Å². The lowest BCUT2D eigenvalue weighted by atomic mass is 10.1. The molecule has 10 aromatic rings. The van der Waals surface area contributed by atoms with Gasteiger partial charge in [-0.05, 0) is 71.4 Å². The average Bonchev–Trinajstić information content (AvgIpc) is 3.74. The second-order valence-corrected chi connectivity index (χ2v) is 12.3. The van der Waals surface area contributed by atoms with Crippen LogP contribution in [0.2, 0.25) is 0 Å². The Labute approximate surface area is 255 Å². The summed E-state index contributed by atoms with van der Waals surface area (Å²) in [5.74, 6) is 0. The SMILES string of the molecule is c1ccc2cc3c(cc2c1)oc1c(N(c2ccc4c(c2)sc2ccccc24)c2ccc4oc5ccccc5c4c2)ccnc13. The summed E-state index contributed by atoms with van der Waals surface area (Å²) < 4.78 is 15.4. The van der Waals surface area contributed by atoms with Crippen molar-refractivity contribution in [3.63, 3.8) is 0 Å². The fourth-order valence-electron chi connectivity index (χ4n) is 6.64. The fraction of sp³-hybridized carbons (Fsp3) is 0. The third-order valence-corrected chi connectivity index (χ3v) is 9.81. The van der Waals surface area contributed by atoms with Crippen LogP contribution < -0.4 is 4.90 Å². The minimum atomic E-state index is 0.756. The lowest BCUT2D eigenvalue weighted by molar-refractivity contribution is 0.668. The second kappa shape index (κ2) is 8.93. The van der Waals surface area contributed by atoms with Crippen molar-refractivity contribution in [2.75, 3.05) is 4.90 Å². The van der Waals surface area contributed by atoms with Gasteiger partial charge in [-0.2, -0.15) is 0 Å². The van der Waals surface area contributed by atoms with Gasteiger partial charge in [-0.3, -0.25) is 4.98 Å². The van der Waals surface area contributed by atoms with Crippen molar-refractivity contribution in [1.82, 2.24) is 4.98 Å². The molecule has 206 valence electrons. The first-order chi connectivity index (χ1) is 21.8. The molecule has 10 rings (SSSR count). The van der Waals surface area contributed by atoms with E-state index in [2.05, 4.69) is 120 Å². The Hall–Kier alpha value is -5.65. The highest BCUT2D eigenvalue weighted by atomic mass is 32.1. The molecule has 0 aliphatic rings. The lowest BCUT2D eigenvalue weighted by Crippen LogP contribution is -2.10. The quantitative estimate of drug-likeness (QED) is 0.208. The van der Waals surface area contributed by atoms with Crippen molar-refractivity contribution >= 4 is 103 Å². The maximum absolute atomic E-state index is 6.67. The van der Waals surface area contributed by atoms with E-state index in [4.69, 9.17) is 13.8 Å². The smallest absolute Gasteiger partial charge is 0.177 e. The van der Waals surface area contributed by atoms with E-state index < -0.39 is 0 Å². The largest absolute Gasteiger partial charge is 0.456 e. The average molecular weight is 583 g/mol. The molecule has 0 aliphatic heterocycles. The van der Waals surface area contributed by atoms with Gasteiger partial charge < -0.3 is 13.7 Å². The van der Waals surface area contributed by atoms with Crippen LogP contribution in [-0.4, -0.2) is 4.98 Å². The highest BCUT2D eigenvalue weighted by molar-refractivity contribution is 7.25. The van der Waals surface area contributed by atoms with E-state index in [1.807, 2.05) is 29.7 Å². The number of fused-ring (bicyclic) bond motifs is 10. The number of anilines is 3. The summed E-state index contributed by atoms with van der Waals surface area (Å²) in [5, 5.41) is 8.04. The summed E-state index contributed by atoms with van der Waals surface area (Å²) >= 11 is 1.82. The molecule has 0 atom stereocenters. The molecule has 44 heavy (non-hydrogen) atoms. The molecule has 0 amide bonds. The number of pyridine rings is 1. The minimum Gasteiger partial charge on any atom is -0.456 e. The minimum absolute atomic E-state index is 0.756. The second-order valence-electron chi connectivity index (χ2n) is 11.2. The van der Waals surface area contributed by atoms with E-state index in [0.29, 0.717) is 0 Å². The fourth-order valence-corrected chi connectivity index (χ4v) is 7.78. The molecule has 0 fully saturated rings. The van der Waals surface area contributed by atoms with Crippen molar-refractivity contribution in [1.29, 1.82) is 0 Å². The Kier molecular flexibility index (Phi) is 4.84. The van der Waals surface area contributed by atoms with Gasteiger partial charge in [0, 0.05) is 53.9 Å². The van der Waals surface area contributed by atoms with Gasteiger partial charge in [0.05, 0.1) is 5.69 Å². The molecule has 0 saturated heterocycles. The molecule has 0 aliphatic carbocycles. The zero-order chi connectivity index (χ0) is 28.8. The number of nitrogens with zero attached hydrogens (tertiary/aromatic N) is 2. The number of para-hydroxylation sites is 1. The molecule has 6 aromatic carbocycles. The van der Waals surface area contributed by atoms with Gasteiger partial charge in [0.15, 0.2) is 5.58 Å². The van der Waals surface area contributed by atoms with Crippen molar-refractivity contribution in [3.05, 3.63) is 134 Å². The number of hydrogen-bond acceptors (Lipinski definition) is 5. The van der Waals surface area contributed by atoms with Crippen LogP contribution in [0.15, 0.2) is 142 Å². The summed E-state index contributed by atoms with van der Waals surface area (Å²) in [6.07, 6.45) is 1.89. The van der Waals surface area contributed by atoms with E-state index in [-0.39, 0.29) is 0 Å². The predicted octanol–water partition coefficient (Wildman–Crippen LogP) is 11.9. The molecule has 0 spiro atoms. The third kappa shape index (κ3) is 3.41. The topological polar surface area (TPSA) is 42.4 Å². The van der Waals surface area contributed by atoms with Gasteiger partial charge in [-0.25, -0.2) is 0 Å². The number of hydrogen-bond donors (Lipinski definition) is 0. The van der Waals surface area contributed by atoms with Crippen LogP contribution in [0.4, 0.5) is 17.1 Å². The van der Waals surface area contributed by atoms with Gasteiger partial charge in [0.1, 0.15) is 22.3 Å². The molecule has 4 heterocycles. The highest BCUT2D eigenvalue weighted by Gasteiger charge is 2.22. The van der Waals surface area contributed by atoms with Crippen LogP contribution in [0.25, 0.3) is 75.0 Å². The number of furan rings is 2. The summed E-state index contributed by atoms with van der Waals surface area (Å²) in [7, 11) is 0. The van der Waals surface area contributed by atoms with Crippen LogP contribution in [-0.2, 0) is 0 Å². The zero-order valence-corrected chi connectivity index (χ0v) is 24.1. The van der Waals surface area contributed by atoms with Gasteiger partial charge >= 0.3 is 0 Å². The van der Waals surface area contributed by atoms with Gasteiger partial charge in [0.2, 0.25) is 0 Å². The highest BCUT2D eigenvalue weighted by Crippen LogP contribution is 2.45. The Bertz CT molecular complexity index is 2750. The lowest BCUT2D eigenvalue weighted by Gasteiger charge is -2.25. The van der Waals surface area contributed by atoms with E-state index in [0.717, 1.165) is 66.5 Å². The summed E-state index contributed by atoms with van der Waals surface area (Å²) in [6.45, 7) is 0. The zero-order valence-electron chi connectivity index (χ0n) is 23.3. The van der Waals surface area contributed by atoms with E-state index in [1.54, 1.807) is 0 Å². The first kappa shape index (κ1) is 23.9. The monoisotopic (exact) mass is 582 g/mol. The Balaban J connectivity index is 1.27. The van der Waals surface area contributed by atoms with Crippen molar-refractivity contribution in [3.8, 4) is 0 Å². The molecule has 4 nitrogen and oxygen atoms in total. The van der Waals surface area contributed by atoms with Gasteiger partial charge in [-0.1, -0.05) is 66.7 Å². The van der Waals surface area contributed by atoms with Crippen molar-refractivity contribution in [2.45, 2.75) is 0 Å². The molecule has 0 bridgehead atoms. The molecule has 0 N–H and O–H groups in total. The predicted molar refractivity (Wildman–Crippen MR) is 184 cm³/mol. The number of aromatic nitrogens is 1. The van der Waals surface area contributed by atoms with Gasteiger partial charge in [-0.15, -0.1) is 11.3 Å². The normalized spacial score (nSPS) is 12.1. The van der Waals surface area contributed by atoms with E-state index in [1.165, 1.54) is 25.6 Å². The Morgan fingerprint density at radius 1 is 0.500 bits per heavy atom. The Morgan fingerprint density at radius 2 is 1.23 bits per heavy atom. The van der Waals surface area contributed by atoms with Crippen LogP contribution in [0.3, 0.4) is 0 Å².